The van der Waals surface area contributed by atoms with E-state index < -0.39 is 4.92 Å². The number of carbonyl (C=O) groups is 2. The van der Waals surface area contributed by atoms with Gasteiger partial charge in [-0.1, -0.05) is 24.9 Å². The first-order valence-electron chi connectivity index (χ1n) is 8.87. The van der Waals surface area contributed by atoms with Crippen molar-refractivity contribution in [3.05, 3.63) is 38.9 Å². The standard InChI is InChI=1S/C18H24ClN3O4/c1-3-5-12(2)20-17(23)13-6-4-9-21(11-13)18(24)15-10-14(22(25)26)7-8-16(15)19/h7-8,10,12-13H,3-6,9,11H2,1-2H3,(H,20,23). The second kappa shape index (κ2) is 8.98. The molecule has 1 saturated heterocycles. The quantitative estimate of drug-likeness (QED) is 0.603. The average molecular weight is 382 g/mol. The Hall–Kier alpha value is -2.15. The van der Waals surface area contributed by atoms with E-state index in [-0.39, 0.29) is 40.0 Å². The maximum atomic E-state index is 12.8. The Morgan fingerprint density at radius 1 is 1.46 bits per heavy atom. The second-order valence-corrected chi connectivity index (χ2v) is 7.12. The number of benzene rings is 1. The van der Waals surface area contributed by atoms with Crippen LogP contribution >= 0.6 is 11.6 Å². The summed E-state index contributed by atoms with van der Waals surface area (Å²) in [6.45, 7) is 4.83. The Morgan fingerprint density at radius 3 is 2.85 bits per heavy atom. The van der Waals surface area contributed by atoms with Gasteiger partial charge in [-0.3, -0.25) is 19.7 Å². The fraction of sp³-hybridized carbons (Fsp3) is 0.556. The highest BCUT2D eigenvalue weighted by atomic mass is 35.5. The molecule has 2 unspecified atom stereocenters. The second-order valence-electron chi connectivity index (χ2n) is 6.71. The maximum Gasteiger partial charge on any atom is 0.270 e. The Labute approximate surface area is 157 Å². The third-order valence-electron chi connectivity index (χ3n) is 4.58. The number of nitrogens with zero attached hydrogens (tertiary/aromatic N) is 2. The van der Waals surface area contributed by atoms with Gasteiger partial charge in [-0.25, -0.2) is 0 Å². The number of nitrogens with one attached hydrogen (secondary N) is 1. The van der Waals surface area contributed by atoms with Crippen LogP contribution in [0.2, 0.25) is 5.02 Å². The molecule has 7 nitrogen and oxygen atoms in total. The monoisotopic (exact) mass is 381 g/mol. The first-order valence-corrected chi connectivity index (χ1v) is 9.24. The molecule has 1 aliphatic rings. The number of hydrogen-bond acceptors (Lipinski definition) is 4. The van der Waals surface area contributed by atoms with Crippen LogP contribution in [0.4, 0.5) is 5.69 Å². The molecule has 1 heterocycles. The lowest BCUT2D eigenvalue weighted by Gasteiger charge is -2.32. The van der Waals surface area contributed by atoms with E-state index in [9.17, 15) is 19.7 Å². The molecule has 1 aromatic rings. The first kappa shape index (κ1) is 20.2. The summed E-state index contributed by atoms with van der Waals surface area (Å²) in [6, 6.07) is 3.91. The number of rotatable bonds is 6. The van der Waals surface area contributed by atoms with Gasteiger partial charge < -0.3 is 10.2 Å². The maximum absolute atomic E-state index is 12.8. The van der Waals surface area contributed by atoms with Crippen LogP contribution in [-0.2, 0) is 4.79 Å². The number of amides is 2. The fourth-order valence-electron chi connectivity index (χ4n) is 3.20. The molecule has 0 bridgehead atoms. The van der Waals surface area contributed by atoms with Crippen molar-refractivity contribution in [3.8, 4) is 0 Å². The molecule has 2 atom stereocenters. The molecule has 0 saturated carbocycles. The van der Waals surface area contributed by atoms with Gasteiger partial charge >= 0.3 is 0 Å². The molecule has 0 aliphatic carbocycles. The van der Waals surface area contributed by atoms with E-state index in [1.54, 1.807) is 4.90 Å². The van der Waals surface area contributed by atoms with Crippen molar-refractivity contribution in [1.29, 1.82) is 0 Å². The third kappa shape index (κ3) is 4.94. The van der Waals surface area contributed by atoms with Crippen molar-refractivity contribution >= 4 is 29.1 Å². The molecule has 1 N–H and O–H groups in total. The summed E-state index contributed by atoms with van der Waals surface area (Å²) < 4.78 is 0. The van der Waals surface area contributed by atoms with Gasteiger partial charge in [0, 0.05) is 31.3 Å². The van der Waals surface area contributed by atoms with E-state index in [0.717, 1.165) is 19.3 Å². The van der Waals surface area contributed by atoms with Crippen molar-refractivity contribution in [3.63, 3.8) is 0 Å². The number of carbonyl (C=O) groups excluding carboxylic acids is 2. The largest absolute Gasteiger partial charge is 0.353 e. The van der Waals surface area contributed by atoms with Crippen LogP contribution in [0.15, 0.2) is 18.2 Å². The molecule has 1 aliphatic heterocycles. The summed E-state index contributed by atoms with van der Waals surface area (Å²) in [5, 5.41) is 14.1. The number of hydrogen-bond donors (Lipinski definition) is 1. The number of nitro groups is 1. The Kier molecular flexibility index (Phi) is 6.97. The molecule has 0 radical (unpaired) electrons. The van der Waals surface area contributed by atoms with Gasteiger partial charge in [0.2, 0.25) is 5.91 Å². The van der Waals surface area contributed by atoms with Crippen molar-refractivity contribution < 1.29 is 14.5 Å². The Morgan fingerprint density at radius 2 is 2.19 bits per heavy atom. The molecule has 1 fully saturated rings. The lowest BCUT2D eigenvalue weighted by atomic mass is 9.96. The SMILES string of the molecule is CCCC(C)NC(=O)C1CCCN(C(=O)c2cc([N+](=O)[O-])ccc2Cl)C1. The van der Waals surface area contributed by atoms with Gasteiger partial charge in [-0.15, -0.1) is 0 Å². The highest BCUT2D eigenvalue weighted by Crippen LogP contribution is 2.26. The van der Waals surface area contributed by atoms with Crippen molar-refractivity contribution in [1.82, 2.24) is 10.2 Å². The molecule has 8 heteroatoms. The van der Waals surface area contributed by atoms with Crippen molar-refractivity contribution in [2.75, 3.05) is 13.1 Å². The molecular weight excluding hydrogens is 358 g/mol. The van der Waals surface area contributed by atoms with E-state index >= 15 is 0 Å². The molecule has 2 amide bonds. The van der Waals surface area contributed by atoms with Crippen LogP contribution in [0.1, 0.15) is 49.9 Å². The van der Waals surface area contributed by atoms with E-state index in [0.29, 0.717) is 19.5 Å². The van der Waals surface area contributed by atoms with Crippen LogP contribution in [-0.4, -0.2) is 40.8 Å². The van der Waals surface area contributed by atoms with Gasteiger partial charge in [0.1, 0.15) is 0 Å². The summed E-state index contributed by atoms with van der Waals surface area (Å²) in [7, 11) is 0. The molecule has 2 rings (SSSR count). The minimum Gasteiger partial charge on any atom is -0.353 e. The number of likely N-dealkylation sites (tertiary alicyclic amines) is 1. The zero-order valence-corrected chi connectivity index (χ0v) is 15.8. The minimum absolute atomic E-state index is 0.0476. The number of piperidine rings is 1. The average Bonchev–Trinajstić information content (AvgIpc) is 2.61. The third-order valence-corrected chi connectivity index (χ3v) is 4.91. The number of halogens is 1. The van der Waals surface area contributed by atoms with Gasteiger partial charge in [0.05, 0.1) is 21.4 Å². The van der Waals surface area contributed by atoms with Crippen LogP contribution in [0, 0.1) is 16.0 Å². The Balaban J connectivity index is 2.09. The van der Waals surface area contributed by atoms with Gasteiger partial charge in [-0.2, -0.15) is 0 Å². The summed E-state index contributed by atoms with van der Waals surface area (Å²) in [4.78, 5) is 37.2. The normalized spacial score (nSPS) is 18.3. The highest BCUT2D eigenvalue weighted by molar-refractivity contribution is 6.33. The Bertz CT molecular complexity index is 695. The predicted molar refractivity (Wildman–Crippen MR) is 99.2 cm³/mol. The topological polar surface area (TPSA) is 92.6 Å². The molecule has 1 aromatic carbocycles. The summed E-state index contributed by atoms with van der Waals surface area (Å²) >= 11 is 6.07. The van der Waals surface area contributed by atoms with Crippen LogP contribution < -0.4 is 5.32 Å². The highest BCUT2D eigenvalue weighted by Gasteiger charge is 2.30. The van der Waals surface area contributed by atoms with Gasteiger partial charge in [0.15, 0.2) is 0 Å². The molecule has 0 aromatic heterocycles. The molecule has 26 heavy (non-hydrogen) atoms. The minimum atomic E-state index is -0.561. The molecule has 0 spiro atoms. The van der Waals surface area contributed by atoms with Crippen LogP contribution in [0.3, 0.4) is 0 Å². The molecular formula is C18H24ClN3O4. The van der Waals surface area contributed by atoms with Crippen LogP contribution in [0.5, 0.6) is 0 Å². The predicted octanol–water partition coefficient (Wildman–Crippen LogP) is 3.41. The zero-order chi connectivity index (χ0) is 19.3. The molecule has 142 valence electrons. The van der Waals surface area contributed by atoms with Crippen LogP contribution in [0.25, 0.3) is 0 Å². The van der Waals surface area contributed by atoms with E-state index in [2.05, 4.69) is 12.2 Å². The van der Waals surface area contributed by atoms with Crippen molar-refractivity contribution in [2.24, 2.45) is 5.92 Å². The lowest BCUT2D eigenvalue weighted by Crippen LogP contribution is -2.47. The van der Waals surface area contributed by atoms with E-state index in [4.69, 9.17) is 11.6 Å². The number of nitro benzene ring substituents is 1. The first-order chi connectivity index (χ1) is 12.3. The summed E-state index contributed by atoms with van der Waals surface area (Å²) in [5.74, 6) is -0.698. The van der Waals surface area contributed by atoms with E-state index in [1.807, 2.05) is 6.92 Å². The van der Waals surface area contributed by atoms with Crippen molar-refractivity contribution in [2.45, 2.75) is 45.6 Å². The lowest BCUT2D eigenvalue weighted by molar-refractivity contribution is -0.384. The zero-order valence-electron chi connectivity index (χ0n) is 15.0. The number of non-ortho nitro benzene ring substituents is 1. The summed E-state index contributed by atoms with van der Waals surface area (Å²) in [6.07, 6.45) is 3.32. The fourth-order valence-corrected chi connectivity index (χ4v) is 3.40. The smallest absolute Gasteiger partial charge is 0.270 e. The van der Waals surface area contributed by atoms with E-state index in [1.165, 1.54) is 18.2 Å². The summed E-state index contributed by atoms with van der Waals surface area (Å²) in [5.41, 5.74) is -0.0845. The van der Waals surface area contributed by atoms with Gasteiger partial charge in [-0.05, 0) is 32.3 Å². The van der Waals surface area contributed by atoms with Gasteiger partial charge in [0.25, 0.3) is 11.6 Å².